The van der Waals surface area contributed by atoms with Crippen LogP contribution in [-0.4, -0.2) is 21.7 Å². The quantitative estimate of drug-likeness (QED) is 0.929. The van der Waals surface area contributed by atoms with Crippen LogP contribution in [0.15, 0.2) is 30.5 Å². The Balaban J connectivity index is 1.57. The van der Waals surface area contributed by atoms with Gasteiger partial charge in [-0.05, 0) is 43.0 Å². The van der Waals surface area contributed by atoms with Gasteiger partial charge in [0, 0.05) is 37.0 Å². The van der Waals surface area contributed by atoms with Crippen LogP contribution in [-0.2, 0) is 23.2 Å². The molecule has 0 radical (unpaired) electrons. The highest BCUT2D eigenvalue weighted by Crippen LogP contribution is 2.42. The third-order valence-corrected chi connectivity index (χ3v) is 5.59. The second-order valence-electron chi connectivity index (χ2n) is 7.16. The number of hydrogen-bond donors (Lipinski definition) is 1. The largest absolute Gasteiger partial charge is 0.352 e. The number of aromatic nitrogens is 2. The van der Waals surface area contributed by atoms with Gasteiger partial charge in [-0.2, -0.15) is 5.10 Å². The molecular weight excluding hydrogens is 324 g/mol. The molecule has 1 N–H and O–H groups in total. The van der Waals surface area contributed by atoms with Crippen molar-refractivity contribution in [1.29, 1.82) is 0 Å². The predicted octanol–water partition coefficient (Wildman–Crippen LogP) is 3.10. The summed E-state index contributed by atoms with van der Waals surface area (Å²) in [5, 5.41) is 7.39. The lowest BCUT2D eigenvalue weighted by Crippen LogP contribution is -2.49. The molecule has 4 rings (SSSR count). The van der Waals surface area contributed by atoms with Crippen LogP contribution in [0.2, 0.25) is 0 Å². The fourth-order valence-corrected chi connectivity index (χ4v) is 4.27. The number of halogens is 2. The number of nitrogens with zero attached hydrogens (tertiary/aromatic N) is 2. The predicted molar refractivity (Wildman–Crippen MR) is 89.0 cm³/mol. The van der Waals surface area contributed by atoms with Crippen molar-refractivity contribution in [1.82, 2.24) is 15.1 Å². The molecule has 6 heteroatoms. The van der Waals surface area contributed by atoms with Crippen LogP contribution in [0.3, 0.4) is 0 Å². The Bertz CT molecular complexity index is 775. The molecule has 132 valence electrons. The second-order valence-corrected chi connectivity index (χ2v) is 7.16. The average Bonchev–Trinajstić information content (AvgIpc) is 3.23. The van der Waals surface area contributed by atoms with E-state index in [-0.39, 0.29) is 11.9 Å². The van der Waals surface area contributed by atoms with Crippen molar-refractivity contribution in [2.45, 2.75) is 56.5 Å². The van der Waals surface area contributed by atoms with Crippen LogP contribution >= 0.6 is 0 Å². The van der Waals surface area contributed by atoms with Crippen LogP contribution in [0.1, 0.15) is 43.4 Å². The van der Waals surface area contributed by atoms with E-state index in [1.54, 1.807) is 6.20 Å². The Morgan fingerprint density at radius 2 is 1.92 bits per heavy atom. The smallest absolute Gasteiger partial charge is 0.230 e. The van der Waals surface area contributed by atoms with Gasteiger partial charge in [-0.3, -0.25) is 9.48 Å². The van der Waals surface area contributed by atoms with Crippen molar-refractivity contribution < 1.29 is 13.6 Å². The van der Waals surface area contributed by atoms with Crippen molar-refractivity contribution in [3.8, 4) is 0 Å². The van der Waals surface area contributed by atoms with Gasteiger partial charge in [0.2, 0.25) is 5.91 Å². The van der Waals surface area contributed by atoms with Gasteiger partial charge in [-0.25, -0.2) is 8.78 Å². The van der Waals surface area contributed by atoms with Gasteiger partial charge in [0.1, 0.15) is 11.6 Å². The molecule has 2 aromatic rings. The number of hydrogen-bond acceptors (Lipinski definition) is 2. The van der Waals surface area contributed by atoms with Gasteiger partial charge in [0.05, 0.1) is 5.41 Å². The molecule has 1 amide bonds. The van der Waals surface area contributed by atoms with Gasteiger partial charge in [0.25, 0.3) is 0 Å². The fraction of sp³-hybridized carbons (Fsp3) is 0.474. The lowest BCUT2D eigenvalue weighted by atomic mass is 9.77. The van der Waals surface area contributed by atoms with Crippen LogP contribution in [0.25, 0.3) is 0 Å². The summed E-state index contributed by atoms with van der Waals surface area (Å²) in [6.45, 7) is 0.773. The summed E-state index contributed by atoms with van der Waals surface area (Å²) in [4.78, 5) is 13.1. The van der Waals surface area contributed by atoms with E-state index in [2.05, 4.69) is 10.4 Å². The molecule has 1 aliphatic carbocycles. The Morgan fingerprint density at radius 1 is 1.20 bits per heavy atom. The Morgan fingerprint density at radius 3 is 2.64 bits per heavy atom. The highest BCUT2D eigenvalue weighted by atomic mass is 19.1. The first-order chi connectivity index (χ1) is 12.1. The Kier molecular flexibility index (Phi) is 4.06. The normalized spacial score (nSPS) is 21.8. The first-order valence-electron chi connectivity index (χ1n) is 8.85. The van der Waals surface area contributed by atoms with E-state index >= 15 is 0 Å². The molecule has 2 heterocycles. The molecule has 1 fully saturated rings. The van der Waals surface area contributed by atoms with E-state index in [1.807, 2.05) is 10.7 Å². The molecule has 0 saturated heterocycles. The van der Waals surface area contributed by atoms with Crippen molar-refractivity contribution in [2.75, 3.05) is 0 Å². The molecule has 0 spiro atoms. The molecule has 1 aromatic carbocycles. The summed E-state index contributed by atoms with van der Waals surface area (Å²) in [6.07, 6.45) is 6.37. The minimum Gasteiger partial charge on any atom is -0.352 e. The highest BCUT2D eigenvalue weighted by Gasteiger charge is 2.44. The number of rotatable bonds is 3. The van der Waals surface area contributed by atoms with Crippen molar-refractivity contribution in [2.24, 2.45) is 0 Å². The van der Waals surface area contributed by atoms with Gasteiger partial charge in [-0.15, -0.1) is 0 Å². The van der Waals surface area contributed by atoms with E-state index in [1.165, 1.54) is 12.1 Å². The van der Waals surface area contributed by atoms with Crippen molar-refractivity contribution in [3.05, 3.63) is 53.4 Å². The molecule has 1 atom stereocenters. The van der Waals surface area contributed by atoms with Gasteiger partial charge < -0.3 is 5.32 Å². The number of benzene rings is 1. The zero-order chi connectivity index (χ0) is 17.4. The standard InChI is InChI=1S/C19H21F2N3O/c20-14-9-13(10-15(21)11-14)19(5-1-2-6-19)18(25)23-16-4-8-24-17(12-16)3-7-22-24/h3,7,9-11,16H,1-2,4-6,8,12H2,(H,23,25). The molecule has 1 saturated carbocycles. The topological polar surface area (TPSA) is 46.9 Å². The zero-order valence-corrected chi connectivity index (χ0v) is 14.0. The highest BCUT2D eigenvalue weighted by molar-refractivity contribution is 5.88. The summed E-state index contributed by atoms with van der Waals surface area (Å²) in [7, 11) is 0. The van der Waals surface area contributed by atoms with E-state index in [0.717, 1.165) is 44.0 Å². The lowest BCUT2D eigenvalue weighted by molar-refractivity contribution is -0.127. The monoisotopic (exact) mass is 345 g/mol. The van der Waals surface area contributed by atoms with E-state index in [9.17, 15) is 13.6 Å². The molecule has 1 unspecified atom stereocenters. The lowest BCUT2D eigenvalue weighted by Gasteiger charge is -2.32. The van der Waals surface area contributed by atoms with Crippen LogP contribution in [0, 0.1) is 11.6 Å². The maximum atomic E-state index is 13.7. The van der Waals surface area contributed by atoms with Gasteiger partial charge in [-0.1, -0.05) is 12.8 Å². The third kappa shape index (κ3) is 2.94. The summed E-state index contributed by atoms with van der Waals surface area (Å²) in [5.41, 5.74) is 0.746. The number of fused-ring (bicyclic) bond motifs is 1. The second kappa shape index (κ2) is 6.24. The molecule has 25 heavy (non-hydrogen) atoms. The first-order valence-corrected chi connectivity index (χ1v) is 8.85. The number of nitrogens with one attached hydrogen (secondary N) is 1. The van der Waals surface area contributed by atoms with E-state index in [0.29, 0.717) is 18.4 Å². The fourth-order valence-electron chi connectivity index (χ4n) is 4.27. The Labute approximate surface area is 145 Å². The molecular formula is C19H21F2N3O. The minimum absolute atomic E-state index is 0.0348. The number of carbonyl (C=O) groups excluding carboxylic acids is 1. The van der Waals surface area contributed by atoms with Crippen molar-refractivity contribution >= 4 is 5.91 Å². The third-order valence-electron chi connectivity index (χ3n) is 5.59. The minimum atomic E-state index is -0.819. The number of amides is 1. The van der Waals surface area contributed by atoms with E-state index < -0.39 is 17.0 Å². The van der Waals surface area contributed by atoms with E-state index in [4.69, 9.17) is 0 Å². The maximum absolute atomic E-state index is 13.7. The van der Waals surface area contributed by atoms with Crippen LogP contribution < -0.4 is 5.32 Å². The average molecular weight is 345 g/mol. The number of carbonyl (C=O) groups is 1. The van der Waals surface area contributed by atoms with Crippen molar-refractivity contribution in [3.63, 3.8) is 0 Å². The summed E-state index contributed by atoms with van der Waals surface area (Å²) < 4.78 is 29.4. The van der Waals surface area contributed by atoms with Crippen LogP contribution in [0.4, 0.5) is 8.78 Å². The summed E-state index contributed by atoms with van der Waals surface area (Å²) in [6, 6.07) is 5.47. The molecule has 4 nitrogen and oxygen atoms in total. The molecule has 1 aromatic heterocycles. The SMILES string of the molecule is O=C(NC1CCn2nccc2C1)C1(c2cc(F)cc(F)c2)CCCC1. The Hall–Kier alpha value is -2.24. The molecule has 1 aliphatic heterocycles. The van der Waals surface area contributed by atoms with Gasteiger partial charge >= 0.3 is 0 Å². The molecule has 2 aliphatic rings. The number of aryl methyl sites for hydroxylation is 1. The van der Waals surface area contributed by atoms with Crippen LogP contribution in [0.5, 0.6) is 0 Å². The zero-order valence-electron chi connectivity index (χ0n) is 14.0. The first kappa shape index (κ1) is 16.2. The van der Waals surface area contributed by atoms with Gasteiger partial charge in [0.15, 0.2) is 0 Å². The summed E-state index contributed by atoms with van der Waals surface area (Å²) in [5.74, 6) is -1.36. The summed E-state index contributed by atoms with van der Waals surface area (Å²) >= 11 is 0. The molecule has 0 bridgehead atoms. The maximum Gasteiger partial charge on any atom is 0.230 e.